The first kappa shape index (κ1) is 25.0. The molecule has 5 rings (SSSR count). The molecule has 0 unspecified atom stereocenters. The fraction of sp³-hybridized carbons (Fsp3) is 0.231. The number of aliphatic imine (C=N–C) groups is 1. The summed E-state index contributed by atoms with van der Waals surface area (Å²) in [5.74, 6) is -1.71. The van der Waals surface area contributed by atoms with Crippen LogP contribution in [0, 0.1) is 0 Å². The molecule has 11 nitrogen and oxygen atoms in total. The van der Waals surface area contributed by atoms with Crippen LogP contribution in [0.5, 0.6) is 11.5 Å². The standard InChI is InChI=1S/C26H23N5O6S/c1-36-21-14-7-13-20(32)23(21)31-24(19-12-6-15-22(27-19)37-18-10-5-11-18)28-29-25(31)26(33)30-38(34,35)16-17-8-3-2-4-9-17/h2-4,7-9,13-15,18,32H,5,10-11,16H2,1H3,(H,30,33). The molecule has 1 amide bonds. The van der Waals surface area contributed by atoms with Gasteiger partial charge in [0.15, 0.2) is 11.5 Å². The van der Waals surface area contributed by atoms with Crippen molar-refractivity contribution in [2.45, 2.75) is 31.1 Å². The highest BCUT2D eigenvalue weighted by atomic mass is 32.2. The number of nitrogens with zero attached hydrogens (tertiary/aromatic N) is 4. The summed E-state index contributed by atoms with van der Waals surface area (Å²) in [6, 6.07) is 12.9. The Morgan fingerprint density at radius 1 is 1.16 bits per heavy atom. The summed E-state index contributed by atoms with van der Waals surface area (Å²) in [5, 5.41) is 18.8. The number of carbonyl (C=O) groups is 1. The molecule has 0 radical (unpaired) electrons. The van der Waals surface area contributed by atoms with E-state index in [1.54, 1.807) is 42.5 Å². The topological polar surface area (TPSA) is 145 Å². The van der Waals surface area contributed by atoms with E-state index in [0.717, 1.165) is 19.3 Å². The van der Waals surface area contributed by atoms with Crippen molar-refractivity contribution in [2.75, 3.05) is 7.11 Å². The van der Waals surface area contributed by atoms with Crippen molar-refractivity contribution in [3.63, 3.8) is 0 Å². The number of phenolic OH excluding ortho intramolecular Hbond substituents is 1. The van der Waals surface area contributed by atoms with E-state index in [0.29, 0.717) is 11.5 Å². The molecule has 2 N–H and O–H groups in total. The number of carbonyl (C=O) groups excluding carboxylic acids is 1. The number of amides is 1. The number of benzene rings is 2. The van der Waals surface area contributed by atoms with E-state index < -0.39 is 27.5 Å². The molecule has 3 aromatic rings. The molecule has 2 aromatic carbocycles. The maximum absolute atomic E-state index is 13.3. The number of aromatic hydroxyl groups is 1. The number of methoxy groups -OCH3 is 1. The minimum absolute atomic E-state index is 0.00860. The summed E-state index contributed by atoms with van der Waals surface area (Å²) in [6.45, 7) is 0. The molecule has 12 heteroatoms. The van der Waals surface area contributed by atoms with E-state index in [4.69, 9.17) is 9.47 Å². The fourth-order valence-corrected chi connectivity index (χ4v) is 4.95. The molecular formula is C26H23N5O6S. The molecule has 1 fully saturated rings. The van der Waals surface area contributed by atoms with Gasteiger partial charge in [0.25, 0.3) is 0 Å². The zero-order valence-corrected chi connectivity index (χ0v) is 21.1. The van der Waals surface area contributed by atoms with Crippen molar-refractivity contribution in [1.82, 2.24) is 19.5 Å². The van der Waals surface area contributed by atoms with Crippen LogP contribution in [0.2, 0.25) is 0 Å². The monoisotopic (exact) mass is 533 g/mol. The Morgan fingerprint density at radius 2 is 1.95 bits per heavy atom. The smallest absolute Gasteiger partial charge is 0.303 e. The van der Waals surface area contributed by atoms with Crippen LogP contribution >= 0.6 is 0 Å². The van der Waals surface area contributed by atoms with Crippen LogP contribution in [0.4, 0.5) is 0 Å². The molecule has 1 aliphatic carbocycles. The highest BCUT2D eigenvalue weighted by molar-refractivity contribution is 7.89. The molecule has 194 valence electrons. The molecule has 0 spiro atoms. The van der Waals surface area contributed by atoms with E-state index in [-0.39, 0.29) is 34.8 Å². The van der Waals surface area contributed by atoms with E-state index in [1.165, 1.54) is 23.8 Å². The summed E-state index contributed by atoms with van der Waals surface area (Å²) in [4.78, 5) is 17.7. The van der Waals surface area contributed by atoms with Gasteiger partial charge >= 0.3 is 5.91 Å². The number of para-hydroxylation sites is 1. The molecule has 1 aromatic heterocycles. The van der Waals surface area contributed by atoms with Gasteiger partial charge in [0, 0.05) is 0 Å². The Balaban J connectivity index is 1.56. The Bertz CT molecular complexity index is 1630. The predicted octanol–water partition coefficient (Wildman–Crippen LogP) is 2.87. The lowest BCUT2D eigenvalue weighted by Crippen LogP contribution is -2.33. The summed E-state index contributed by atoms with van der Waals surface area (Å²) in [5.41, 5.74) is 6.27. The number of phenols is 1. The molecule has 0 saturated heterocycles. The summed E-state index contributed by atoms with van der Waals surface area (Å²) >= 11 is 0. The number of hydrogen-bond donors (Lipinski definition) is 2. The third-order valence-corrected chi connectivity index (χ3v) is 7.10. The minimum atomic E-state index is -4.10. The second-order valence-corrected chi connectivity index (χ2v) is 10.3. The second-order valence-electron chi connectivity index (χ2n) is 8.57. The van der Waals surface area contributed by atoms with Gasteiger partial charge < -0.3 is 14.6 Å². The third-order valence-electron chi connectivity index (χ3n) is 5.89. The van der Waals surface area contributed by atoms with Crippen LogP contribution < -0.4 is 9.46 Å². The summed E-state index contributed by atoms with van der Waals surface area (Å²) in [6.07, 6.45) is 4.50. The van der Waals surface area contributed by atoms with Crippen LogP contribution in [0.25, 0.3) is 11.4 Å². The maximum Gasteiger partial charge on any atom is 0.303 e. The largest absolute Gasteiger partial charge is 0.506 e. The van der Waals surface area contributed by atoms with Gasteiger partial charge in [0.2, 0.25) is 21.7 Å². The van der Waals surface area contributed by atoms with Crippen molar-refractivity contribution in [3.05, 3.63) is 83.3 Å². The van der Waals surface area contributed by atoms with Crippen molar-refractivity contribution >= 4 is 27.5 Å². The Kier molecular flexibility index (Phi) is 6.85. The van der Waals surface area contributed by atoms with E-state index in [1.807, 2.05) is 4.72 Å². The van der Waals surface area contributed by atoms with Gasteiger partial charge in [-0.15, -0.1) is 10.2 Å². The quantitative estimate of drug-likeness (QED) is 0.421. The Labute approximate surface area is 218 Å². The van der Waals surface area contributed by atoms with E-state index in [2.05, 4.69) is 26.7 Å². The molecule has 38 heavy (non-hydrogen) atoms. The highest BCUT2D eigenvalue weighted by Gasteiger charge is 2.30. The van der Waals surface area contributed by atoms with Crippen molar-refractivity contribution in [3.8, 4) is 17.2 Å². The Morgan fingerprint density at radius 3 is 2.66 bits per heavy atom. The van der Waals surface area contributed by atoms with Crippen molar-refractivity contribution in [1.29, 1.82) is 0 Å². The number of rotatable bonds is 8. The molecule has 1 aliphatic heterocycles. The van der Waals surface area contributed by atoms with Crippen LogP contribution in [-0.4, -0.2) is 53.3 Å². The molecule has 2 aliphatic rings. The average molecular weight is 534 g/mol. The van der Waals surface area contributed by atoms with Gasteiger partial charge in [-0.3, -0.25) is 9.36 Å². The van der Waals surface area contributed by atoms with Gasteiger partial charge in [-0.25, -0.2) is 18.1 Å². The van der Waals surface area contributed by atoms with Gasteiger partial charge in [-0.05, 0) is 42.7 Å². The van der Waals surface area contributed by atoms with Crippen LogP contribution in [0.15, 0.2) is 71.1 Å². The lowest BCUT2D eigenvalue weighted by Gasteiger charge is -2.26. The van der Waals surface area contributed by atoms with Crippen molar-refractivity contribution < 1.29 is 27.8 Å². The van der Waals surface area contributed by atoms with Crippen LogP contribution in [0.3, 0.4) is 0 Å². The number of ether oxygens (including phenoxy) is 2. The predicted molar refractivity (Wildman–Crippen MR) is 137 cm³/mol. The molecule has 0 atom stereocenters. The molecule has 1 saturated carbocycles. The molecule has 0 bridgehead atoms. The number of sulfonamides is 1. The van der Waals surface area contributed by atoms with Crippen molar-refractivity contribution in [2.24, 2.45) is 4.99 Å². The van der Waals surface area contributed by atoms with Gasteiger partial charge in [0.05, 0.1) is 18.9 Å². The first-order valence-corrected chi connectivity index (χ1v) is 13.4. The molecule has 2 heterocycles. The lowest BCUT2D eigenvalue weighted by atomic mass is 9.96. The summed E-state index contributed by atoms with van der Waals surface area (Å²) < 4.78 is 40.0. The summed E-state index contributed by atoms with van der Waals surface area (Å²) in [7, 11) is -2.72. The van der Waals surface area contributed by atoms with E-state index >= 15 is 0 Å². The normalized spacial score (nSPS) is 14.9. The SMILES string of the molecule is COc1cccc(O)c1-n1c(C(=O)NS(=O)(=O)Cc2ccccc2)nnc1C1=C=C=CC(OC2CCC2)=N1. The van der Waals surface area contributed by atoms with Gasteiger partial charge in [-0.2, -0.15) is 0 Å². The van der Waals surface area contributed by atoms with Gasteiger partial charge in [0.1, 0.15) is 23.3 Å². The molecular weight excluding hydrogens is 510 g/mol. The number of aromatic nitrogens is 3. The second kappa shape index (κ2) is 10.4. The highest BCUT2D eigenvalue weighted by Crippen LogP contribution is 2.35. The first-order chi connectivity index (χ1) is 18.3. The first-order valence-electron chi connectivity index (χ1n) is 11.7. The number of nitrogens with one attached hydrogen (secondary N) is 1. The van der Waals surface area contributed by atoms with Crippen LogP contribution in [-0.2, 0) is 20.5 Å². The average Bonchev–Trinajstić information content (AvgIpc) is 3.31. The number of hydrogen-bond acceptors (Lipinski definition) is 9. The maximum atomic E-state index is 13.3. The van der Waals surface area contributed by atoms with Crippen LogP contribution in [0.1, 0.15) is 41.3 Å². The minimum Gasteiger partial charge on any atom is -0.506 e. The zero-order chi connectivity index (χ0) is 26.7. The van der Waals surface area contributed by atoms with Gasteiger partial charge in [-0.1, -0.05) is 42.1 Å². The Hall–Kier alpha value is -4.63. The van der Waals surface area contributed by atoms with E-state index in [9.17, 15) is 18.3 Å². The fourth-order valence-electron chi connectivity index (χ4n) is 3.88. The third kappa shape index (κ3) is 5.23. The zero-order valence-electron chi connectivity index (χ0n) is 20.3. The lowest BCUT2D eigenvalue weighted by molar-refractivity contribution is 0.0969.